The van der Waals surface area contributed by atoms with E-state index >= 15 is 0 Å². The second-order valence-electron chi connectivity index (χ2n) is 8.42. The van der Waals surface area contributed by atoms with Crippen molar-refractivity contribution in [2.45, 2.75) is 45.2 Å². The summed E-state index contributed by atoms with van der Waals surface area (Å²) in [6, 6.07) is 8.54. The van der Waals surface area contributed by atoms with Gasteiger partial charge in [0.1, 0.15) is 0 Å². The molecule has 0 aromatic heterocycles. The Morgan fingerprint density at radius 2 is 2.04 bits per heavy atom. The Kier molecular flexibility index (Phi) is 5.85. The van der Waals surface area contributed by atoms with Crippen LogP contribution in [-0.4, -0.2) is 61.6 Å². The maximum Gasteiger partial charge on any atom is 0.222 e. The highest BCUT2D eigenvalue weighted by atomic mass is 16.5. The molecular formula is C22H32N4O2. The number of ether oxygens (including phenoxy) is 1. The zero-order valence-electron chi connectivity index (χ0n) is 17.0. The summed E-state index contributed by atoms with van der Waals surface area (Å²) < 4.78 is 5.56. The number of guanidine groups is 1. The fourth-order valence-electron chi connectivity index (χ4n) is 4.77. The van der Waals surface area contributed by atoms with E-state index in [9.17, 15) is 4.79 Å². The molecule has 1 N–H and O–H groups in total. The van der Waals surface area contributed by atoms with Gasteiger partial charge in [-0.15, -0.1) is 0 Å². The van der Waals surface area contributed by atoms with E-state index in [1.807, 2.05) is 11.9 Å². The first-order chi connectivity index (χ1) is 13.7. The van der Waals surface area contributed by atoms with Crippen molar-refractivity contribution in [3.8, 4) is 0 Å². The van der Waals surface area contributed by atoms with Gasteiger partial charge in [0.25, 0.3) is 0 Å². The lowest BCUT2D eigenvalue weighted by atomic mass is 9.80. The molecule has 0 radical (unpaired) electrons. The third-order valence-corrected chi connectivity index (χ3v) is 6.49. The predicted molar refractivity (Wildman–Crippen MR) is 110 cm³/mol. The Hall–Kier alpha value is -2.08. The first kappa shape index (κ1) is 19.2. The molecule has 1 aromatic rings. The number of benzene rings is 1. The standard InChI is InChI=1S/C22H32N4O2/c1-23-21(26-11-7-22(17-26)8-12-28-13-9-22)24-15-18-4-2-5-19(14-18)16-25-10-3-6-20(25)27/h2,4-5,14H,3,6-13,15-17H2,1H3,(H,23,24). The van der Waals surface area contributed by atoms with Gasteiger partial charge < -0.3 is 19.9 Å². The van der Waals surface area contributed by atoms with Crippen LogP contribution in [0.15, 0.2) is 29.3 Å². The van der Waals surface area contributed by atoms with E-state index in [-0.39, 0.29) is 5.91 Å². The minimum absolute atomic E-state index is 0.278. The maximum atomic E-state index is 11.9. The van der Waals surface area contributed by atoms with Gasteiger partial charge in [0, 0.05) is 59.4 Å². The van der Waals surface area contributed by atoms with Gasteiger partial charge in [0.2, 0.25) is 5.91 Å². The number of carbonyl (C=O) groups excluding carboxylic acids is 1. The largest absolute Gasteiger partial charge is 0.381 e. The first-order valence-electron chi connectivity index (χ1n) is 10.6. The molecule has 0 atom stereocenters. The smallest absolute Gasteiger partial charge is 0.222 e. The van der Waals surface area contributed by atoms with Crippen molar-refractivity contribution in [3.63, 3.8) is 0 Å². The summed E-state index contributed by atoms with van der Waals surface area (Å²) in [5.41, 5.74) is 2.84. The zero-order chi connectivity index (χ0) is 19.4. The molecule has 4 rings (SSSR count). The highest BCUT2D eigenvalue weighted by molar-refractivity contribution is 5.80. The van der Waals surface area contributed by atoms with Gasteiger partial charge in [-0.3, -0.25) is 9.79 Å². The molecule has 152 valence electrons. The zero-order valence-corrected chi connectivity index (χ0v) is 17.0. The minimum Gasteiger partial charge on any atom is -0.381 e. The average Bonchev–Trinajstić information content (AvgIpc) is 3.30. The molecule has 3 fully saturated rings. The van der Waals surface area contributed by atoms with E-state index in [0.717, 1.165) is 71.2 Å². The van der Waals surface area contributed by atoms with Crippen LogP contribution in [0.1, 0.15) is 43.2 Å². The van der Waals surface area contributed by atoms with E-state index in [4.69, 9.17) is 4.74 Å². The van der Waals surface area contributed by atoms with Crippen LogP contribution in [0.2, 0.25) is 0 Å². The minimum atomic E-state index is 0.278. The highest BCUT2D eigenvalue weighted by Crippen LogP contribution is 2.39. The van der Waals surface area contributed by atoms with E-state index < -0.39 is 0 Å². The fraction of sp³-hybridized carbons (Fsp3) is 0.636. The Labute approximate surface area is 167 Å². The summed E-state index contributed by atoms with van der Waals surface area (Å²) >= 11 is 0. The molecule has 3 heterocycles. The molecule has 3 saturated heterocycles. The topological polar surface area (TPSA) is 57.2 Å². The normalized spacial score (nSPS) is 22.3. The predicted octanol–water partition coefficient (Wildman–Crippen LogP) is 2.39. The second-order valence-corrected chi connectivity index (χ2v) is 8.42. The van der Waals surface area contributed by atoms with E-state index in [2.05, 4.69) is 39.5 Å². The molecule has 6 heteroatoms. The molecule has 1 aromatic carbocycles. The average molecular weight is 385 g/mol. The summed E-state index contributed by atoms with van der Waals surface area (Å²) in [6.07, 6.45) is 5.24. The number of hydrogen-bond donors (Lipinski definition) is 1. The van der Waals surface area contributed by atoms with Crippen LogP contribution in [0.5, 0.6) is 0 Å². The molecule has 3 aliphatic heterocycles. The Bertz CT molecular complexity index is 727. The molecular weight excluding hydrogens is 352 g/mol. The van der Waals surface area contributed by atoms with Crippen molar-refractivity contribution >= 4 is 11.9 Å². The molecule has 1 spiro atoms. The van der Waals surface area contributed by atoms with Gasteiger partial charge in [0.15, 0.2) is 5.96 Å². The monoisotopic (exact) mass is 384 g/mol. The Balaban J connectivity index is 1.33. The molecule has 3 aliphatic rings. The second kappa shape index (κ2) is 8.52. The number of amides is 1. The van der Waals surface area contributed by atoms with Gasteiger partial charge in [-0.2, -0.15) is 0 Å². The van der Waals surface area contributed by atoms with Crippen LogP contribution in [0.3, 0.4) is 0 Å². The fourth-order valence-corrected chi connectivity index (χ4v) is 4.77. The lowest BCUT2D eigenvalue weighted by Gasteiger charge is -2.33. The lowest BCUT2D eigenvalue weighted by Crippen LogP contribution is -2.42. The molecule has 0 aliphatic carbocycles. The van der Waals surface area contributed by atoms with Gasteiger partial charge in [-0.1, -0.05) is 24.3 Å². The number of nitrogens with zero attached hydrogens (tertiary/aromatic N) is 3. The summed E-state index contributed by atoms with van der Waals surface area (Å²) in [6.45, 7) is 6.29. The van der Waals surface area contributed by atoms with Crippen molar-refractivity contribution < 1.29 is 9.53 Å². The molecule has 0 bridgehead atoms. The number of hydrogen-bond acceptors (Lipinski definition) is 3. The molecule has 6 nitrogen and oxygen atoms in total. The molecule has 0 unspecified atom stereocenters. The maximum absolute atomic E-state index is 11.9. The van der Waals surface area contributed by atoms with Crippen LogP contribution in [0.25, 0.3) is 0 Å². The number of carbonyl (C=O) groups is 1. The number of nitrogens with one attached hydrogen (secondary N) is 1. The third-order valence-electron chi connectivity index (χ3n) is 6.49. The molecule has 0 saturated carbocycles. The van der Waals surface area contributed by atoms with Gasteiger partial charge >= 0.3 is 0 Å². The van der Waals surface area contributed by atoms with Crippen LogP contribution < -0.4 is 5.32 Å². The van der Waals surface area contributed by atoms with Crippen molar-refractivity contribution in [1.82, 2.24) is 15.1 Å². The molecule has 1 amide bonds. The van der Waals surface area contributed by atoms with Crippen LogP contribution >= 0.6 is 0 Å². The summed E-state index contributed by atoms with van der Waals surface area (Å²) in [7, 11) is 1.87. The van der Waals surface area contributed by atoms with E-state index in [1.165, 1.54) is 17.5 Å². The Morgan fingerprint density at radius 3 is 2.79 bits per heavy atom. The lowest BCUT2D eigenvalue weighted by molar-refractivity contribution is -0.128. The van der Waals surface area contributed by atoms with E-state index in [1.54, 1.807) is 0 Å². The highest BCUT2D eigenvalue weighted by Gasteiger charge is 2.40. The molecule has 28 heavy (non-hydrogen) atoms. The van der Waals surface area contributed by atoms with Crippen LogP contribution in [-0.2, 0) is 22.6 Å². The summed E-state index contributed by atoms with van der Waals surface area (Å²) in [5.74, 6) is 1.27. The van der Waals surface area contributed by atoms with E-state index in [0.29, 0.717) is 11.8 Å². The number of likely N-dealkylation sites (tertiary alicyclic amines) is 2. The summed E-state index contributed by atoms with van der Waals surface area (Å²) in [5, 5.41) is 3.54. The van der Waals surface area contributed by atoms with Crippen LogP contribution in [0, 0.1) is 5.41 Å². The van der Waals surface area contributed by atoms with Crippen molar-refractivity contribution in [3.05, 3.63) is 35.4 Å². The number of rotatable bonds is 4. The van der Waals surface area contributed by atoms with Crippen LogP contribution in [0.4, 0.5) is 0 Å². The third kappa shape index (κ3) is 4.32. The van der Waals surface area contributed by atoms with Gasteiger partial charge in [-0.25, -0.2) is 0 Å². The first-order valence-corrected chi connectivity index (χ1v) is 10.6. The quantitative estimate of drug-likeness (QED) is 0.640. The van der Waals surface area contributed by atoms with Crippen molar-refractivity contribution in [1.29, 1.82) is 0 Å². The van der Waals surface area contributed by atoms with Gasteiger partial charge in [-0.05, 0) is 42.2 Å². The SMILES string of the molecule is CN=C(NCc1cccc(CN2CCCC2=O)c1)N1CCC2(CCOCC2)C1. The summed E-state index contributed by atoms with van der Waals surface area (Å²) in [4.78, 5) is 20.8. The number of aliphatic imine (C=N–C) groups is 1. The van der Waals surface area contributed by atoms with Gasteiger partial charge in [0.05, 0.1) is 0 Å². The van der Waals surface area contributed by atoms with Crippen molar-refractivity contribution in [2.24, 2.45) is 10.4 Å². The Morgan fingerprint density at radius 1 is 1.21 bits per heavy atom. The van der Waals surface area contributed by atoms with Crippen molar-refractivity contribution in [2.75, 3.05) is 39.9 Å².